The van der Waals surface area contributed by atoms with Crippen LogP contribution in [-0.4, -0.2) is 18.2 Å². The lowest BCUT2D eigenvalue weighted by atomic mass is 10.6. The molecule has 0 aromatic carbocycles. The second-order valence-electron chi connectivity index (χ2n) is 1.60. The van der Waals surface area contributed by atoms with Gasteiger partial charge in [0.05, 0.1) is 11.2 Å². The molecule has 0 saturated heterocycles. The third-order valence-electron chi connectivity index (χ3n) is 0.881. The molecule has 1 aliphatic heterocycles. The first kappa shape index (κ1) is 5.09. The molecular weight excluding hydrogens is 100 g/mol. The number of aliphatic imine (C=N–C) groups is 1. The monoisotopic (exact) mass is 108 g/mol. The minimum atomic E-state index is 1.75. The molecule has 0 bridgehead atoms. The van der Waals surface area contributed by atoms with Crippen LogP contribution < -0.4 is 4.99 Å². The first-order valence-electron chi connectivity index (χ1n) is 2.48. The van der Waals surface area contributed by atoms with Crippen molar-refractivity contribution >= 4 is 6.21 Å². The topological polar surface area (TPSA) is 17.3 Å². The second kappa shape index (κ2) is 2.31. The van der Waals surface area contributed by atoms with Crippen molar-refractivity contribution in [3.8, 4) is 0 Å². The maximum atomic E-state index is 3.89. The van der Waals surface area contributed by atoms with Gasteiger partial charge in [-0.2, -0.15) is 0 Å². The van der Waals surface area contributed by atoms with Crippen molar-refractivity contribution in [2.24, 2.45) is 0 Å². The van der Waals surface area contributed by atoms with Crippen molar-refractivity contribution in [1.29, 1.82) is 0 Å². The van der Waals surface area contributed by atoms with Gasteiger partial charge in [0, 0.05) is 19.3 Å². The fraction of sp³-hybridized carbons (Fsp3) is 0.167. The van der Waals surface area contributed by atoms with E-state index in [9.17, 15) is 0 Å². The summed E-state index contributed by atoms with van der Waals surface area (Å²) in [5.74, 6) is 0. The van der Waals surface area contributed by atoms with Crippen LogP contribution in [0.1, 0.15) is 0 Å². The SMILES string of the molecule is CN1C=CC=[N+]C=C1. The molecule has 0 unspecified atom stereocenters. The quantitative estimate of drug-likeness (QED) is 0.437. The first-order chi connectivity index (χ1) is 3.89. The highest BCUT2D eigenvalue weighted by Gasteiger charge is 1.89. The Bertz CT molecular complexity index is 129. The summed E-state index contributed by atoms with van der Waals surface area (Å²) in [6, 6.07) is 0. The van der Waals surface area contributed by atoms with Crippen molar-refractivity contribution in [2.45, 2.75) is 0 Å². The normalized spacial score (nSPS) is 16.9. The van der Waals surface area contributed by atoms with E-state index < -0.39 is 0 Å². The molecule has 0 aromatic rings. The van der Waals surface area contributed by atoms with Gasteiger partial charge >= 0.3 is 0 Å². The third kappa shape index (κ3) is 1.22. The van der Waals surface area contributed by atoms with Crippen molar-refractivity contribution in [2.75, 3.05) is 7.05 Å². The minimum absolute atomic E-state index is 1.75. The molecular formula is C6H8N2+. The summed E-state index contributed by atoms with van der Waals surface area (Å²) < 4.78 is 0. The van der Waals surface area contributed by atoms with E-state index in [4.69, 9.17) is 0 Å². The van der Waals surface area contributed by atoms with Gasteiger partial charge in [-0.1, -0.05) is 0 Å². The molecule has 0 amide bonds. The summed E-state index contributed by atoms with van der Waals surface area (Å²) >= 11 is 0. The van der Waals surface area contributed by atoms with Gasteiger partial charge in [-0.15, -0.1) is 0 Å². The second-order valence-corrected chi connectivity index (χ2v) is 1.60. The smallest absolute Gasteiger partial charge is 0.258 e. The van der Waals surface area contributed by atoms with E-state index in [-0.39, 0.29) is 0 Å². The predicted molar refractivity (Wildman–Crippen MR) is 34.2 cm³/mol. The van der Waals surface area contributed by atoms with Crippen LogP contribution >= 0.6 is 0 Å². The molecule has 8 heavy (non-hydrogen) atoms. The van der Waals surface area contributed by atoms with Gasteiger partial charge in [-0.05, 0) is 0 Å². The van der Waals surface area contributed by atoms with E-state index in [0.29, 0.717) is 0 Å². The summed E-state index contributed by atoms with van der Waals surface area (Å²) in [6.45, 7) is 0. The molecule has 1 aliphatic rings. The highest BCUT2D eigenvalue weighted by atomic mass is 15.1. The van der Waals surface area contributed by atoms with Crippen LogP contribution in [-0.2, 0) is 0 Å². The molecule has 0 spiro atoms. The molecule has 1 radical (unpaired) electrons. The minimum Gasteiger partial charge on any atom is -0.352 e. The number of allylic oxidation sites excluding steroid dienone is 1. The Labute approximate surface area is 48.8 Å². The highest BCUT2D eigenvalue weighted by molar-refractivity contribution is 5.70. The van der Waals surface area contributed by atoms with Crippen LogP contribution in [0.4, 0.5) is 0 Å². The fourth-order valence-corrected chi connectivity index (χ4v) is 0.467. The van der Waals surface area contributed by atoms with Gasteiger partial charge in [0.1, 0.15) is 0 Å². The lowest BCUT2D eigenvalue weighted by Gasteiger charge is -1.99. The maximum absolute atomic E-state index is 3.89. The Morgan fingerprint density at radius 3 is 3.12 bits per heavy atom. The van der Waals surface area contributed by atoms with E-state index in [1.807, 2.05) is 30.4 Å². The Balaban J connectivity index is 2.66. The first-order valence-corrected chi connectivity index (χ1v) is 2.48. The Kier molecular flexibility index (Phi) is 1.47. The number of nitrogens with zero attached hydrogens (tertiary/aromatic N) is 2. The van der Waals surface area contributed by atoms with Crippen molar-refractivity contribution < 1.29 is 0 Å². The van der Waals surface area contributed by atoms with Crippen LogP contribution in [0.25, 0.3) is 0 Å². The average molecular weight is 108 g/mol. The van der Waals surface area contributed by atoms with Gasteiger partial charge < -0.3 is 4.90 Å². The molecule has 0 aliphatic carbocycles. The standard InChI is InChI=1S/C6H8N2/c1-8-5-2-3-7-4-6-8/h2-6H,1H3/q+1. The molecule has 0 saturated carbocycles. The van der Waals surface area contributed by atoms with E-state index in [1.54, 1.807) is 12.4 Å². The molecule has 0 fully saturated rings. The van der Waals surface area contributed by atoms with Crippen LogP contribution in [0, 0.1) is 0 Å². The molecule has 1 rings (SSSR count). The number of hydrogen-bond acceptors (Lipinski definition) is 2. The average Bonchev–Trinajstić information content (AvgIpc) is 1.94. The Morgan fingerprint density at radius 2 is 2.25 bits per heavy atom. The molecule has 1 heterocycles. The van der Waals surface area contributed by atoms with E-state index >= 15 is 0 Å². The van der Waals surface area contributed by atoms with Crippen molar-refractivity contribution in [3.05, 3.63) is 24.7 Å². The molecule has 41 valence electrons. The predicted octanol–water partition coefficient (Wildman–Crippen LogP) is 0.323. The van der Waals surface area contributed by atoms with Gasteiger partial charge in [-0.3, -0.25) is 0 Å². The van der Waals surface area contributed by atoms with E-state index in [0.717, 1.165) is 0 Å². The number of hydrogen-bond donors (Lipinski definition) is 0. The van der Waals surface area contributed by atoms with Gasteiger partial charge in [0.15, 0.2) is 0 Å². The largest absolute Gasteiger partial charge is 0.352 e. The molecule has 0 N–H and O–H groups in total. The fourth-order valence-electron chi connectivity index (χ4n) is 0.467. The highest BCUT2D eigenvalue weighted by Crippen LogP contribution is 1.85. The van der Waals surface area contributed by atoms with Crippen LogP contribution in [0.5, 0.6) is 0 Å². The lowest BCUT2D eigenvalue weighted by Crippen LogP contribution is -1.97. The van der Waals surface area contributed by atoms with Gasteiger partial charge in [0.2, 0.25) is 6.21 Å². The third-order valence-corrected chi connectivity index (χ3v) is 0.881. The van der Waals surface area contributed by atoms with Crippen LogP contribution in [0.3, 0.4) is 0 Å². The van der Waals surface area contributed by atoms with Crippen molar-refractivity contribution in [3.63, 3.8) is 0 Å². The molecule has 0 atom stereocenters. The molecule has 0 aromatic heterocycles. The summed E-state index contributed by atoms with van der Waals surface area (Å²) in [7, 11) is 1.96. The van der Waals surface area contributed by atoms with E-state index in [1.165, 1.54) is 0 Å². The number of rotatable bonds is 0. The molecule has 2 heteroatoms. The summed E-state index contributed by atoms with van der Waals surface area (Å²) in [6.07, 6.45) is 9.22. The Morgan fingerprint density at radius 1 is 1.38 bits per heavy atom. The van der Waals surface area contributed by atoms with E-state index in [2.05, 4.69) is 4.99 Å². The zero-order valence-corrected chi connectivity index (χ0v) is 4.78. The maximum Gasteiger partial charge on any atom is 0.258 e. The zero-order valence-electron chi connectivity index (χ0n) is 4.78. The van der Waals surface area contributed by atoms with Crippen molar-refractivity contribution in [1.82, 2.24) is 9.89 Å². The van der Waals surface area contributed by atoms with Gasteiger partial charge in [-0.25, -0.2) is 0 Å². The summed E-state index contributed by atoms with van der Waals surface area (Å²) in [5.41, 5.74) is 0. The van der Waals surface area contributed by atoms with Gasteiger partial charge in [0.25, 0.3) is 6.20 Å². The Hall–Kier alpha value is -1.05. The molecule has 2 nitrogen and oxygen atoms in total. The zero-order chi connectivity index (χ0) is 5.82. The summed E-state index contributed by atoms with van der Waals surface area (Å²) in [5, 5.41) is 0. The van der Waals surface area contributed by atoms with Crippen LogP contribution in [0.2, 0.25) is 0 Å². The van der Waals surface area contributed by atoms with Crippen LogP contribution in [0.15, 0.2) is 24.7 Å². The lowest BCUT2D eigenvalue weighted by molar-refractivity contribution is 0.626. The summed E-state index contributed by atoms with van der Waals surface area (Å²) in [4.78, 5) is 5.82.